The van der Waals surface area contributed by atoms with Crippen LogP contribution in [0.15, 0.2) is 22.7 Å². The Labute approximate surface area is 136 Å². The minimum Gasteiger partial charge on any atom is -0.310 e. The Bertz CT molecular complexity index is 442. The molecule has 1 fully saturated rings. The number of rotatable bonds is 5. The van der Waals surface area contributed by atoms with E-state index in [-0.39, 0.29) is 11.9 Å². The van der Waals surface area contributed by atoms with Crippen molar-refractivity contribution in [3.8, 4) is 0 Å². The van der Waals surface area contributed by atoms with Crippen molar-refractivity contribution in [1.82, 2.24) is 5.32 Å². The van der Waals surface area contributed by atoms with E-state index in [1.807, 2.05) is 0 Å². The molecule has 4 unspecified atom stereocenters. The molecule has 1 nitrogen and oxygen atoms in total. The van der Waals surface area contributed by atoms with Crippen LogP contribution in [-0.2, 0) is 0 Å². The second-order valence-electron chi connectivity index (χ2n) is 6.66. The Morgan fingerprint density at radius 1 is 1.24 bits per heavy atom. The molecule has 0 bridgehead atoms. The van der Waals surface area contributed by atoms with E-state index in [4.69, 9.17) is 0 Å². The zero-order valence-electron chi connectivity index (χ0n) is 13.3. The van der Waals surface area contributed by atoms with Crippen LogP contribution in [0.5, 0.6) is 0 Å². The molecule has 0 saturated heterocycles. The molecular formula is C18H27BrFN. The lowest BCUT2D eigenvalue weighted by atomic mass is 9.72. The Balaban J connectivity index is 2.21. The van der Waals surface area contributed by atoms with Crippen molar-refractivity contribution in [2.45, 2.75) is 52.5 Å². The Hall–Kier alpha value is -0.410. The predicted molar refractivity (Wildman–Crippen MR) is 90.8 cm³/mol. The first-order chi connectivity index (χ1) is 10.0. The van der Waals surface area contributed by atoms with Gasteiger partial charge in [0.25, 0.3) is 0 Å². The molecular weight excluding hydrogens is 329 g/mol. The number of hydrogen-bond donors (Lipinski definition) is 1. The van der Waals surface area contributed by atoms with Gasteiger partial charge in [0, 0.05) is 10.5 Å². The zero-order valence-corrected chi connectivity index (χ0v) is 14.9. The maximum absolute atomic E-state index is 13.8. The van der Waals surface area contributed by atoms with Crippen molar-refractivity contribution >= 4 is 15.9 Å². The number of benzene rings is 1. The van der Waals surface area contributed by atoms with E-state index in [1.165, 1.54) is 25.3 Å². The summed E-state index contributed by atoms with van der Waals surface area (Å²) in [5, 5.41) is 3.66. The molecule has 0 aliphatic heterocycles. The highest BCUT2D eigenvalue weighted by atomic mass is 79.9. The normalized spacial score (nSPS) is 27.6. The van der Waals surface area contributed by atoms with Crippen LogP contribution < -0.4 is 5.32 Å². The maximum atomic E-state index is 13.8. The zero-order chi connectivity index (χ0) is 15.4. The summed E-state index contributed by atoms with van der Waals surface area (Å²) < 4.78 is 14.6. The first-order valence-electron chi connectivity index (χ1n) is 8.20. The Kier molecular flexibility index (Phi) is 6.24. The van der Waals surface area contributed by atoms with Gasteiger partial charge in [0.1, 0.15) is 5.82 Å². The summed E-state index contributed by atoms with van der Waals surface area (Å²) in [4.78, 5) is 0. The van der Waals surface area contributed by atoms with Crippen LogP contribution in [-0.4, -0.2) is 6.54 Å². The summed E-state index contributed by atoms with van der Waals surface area (Å²) >= 11 is 3.43. The first kappa shape index (κ1) is 17.0. The fourth-order valence-electron chi connectivity index (χ4n) is 3.50. The Morgan fingerprint density at radius 2 is 2.00 bits per heavy atom. The van der Waals surface area contributed by atoms with E-state index in [1.54, 1.807) is 6.07 Å². The molecule has 1 aliphatic rings. The second kappa shape index (κ2) is 7.73. The van der Waals surface area contributed by atoms with E-state index in [9.17, 15) is 4.39 Å². The van der Waals surface area contributed by atoms with Crippen LogP contribution >= 0.6 is 15.9 Å². The van der Waals surface area contributed by atoms with Crippen LogP contribution in [0.2, 0.25) is 0 Å². The Morgan fingerprint density at radius 3 is 2.62 bits per heavy atom. The SMILES string of the molecule is CCCNC(c1cc(F)cc(Br)c1)C1CCC(C)C(C)C1. The van der Waals surface area contributed by atoms with Crippen molar-refractivity contribution in [2.75, 3.05) is 6.54 Å². The number of halogens is 2. The highest BCUT2D eigenvalue weighted by Gasteiger charge is 2.31. The third kappa shape index (κ3) is 4.53. The fraction of sp³-hybridized carbons (Fsp3) is 0.667. The lowest BCUT2D eigenvalue weighted by Crippen LogP contribution is -2.33. The summed E-state index contributed by atoms with van der Waals surface area (Å²) in [6, 6.07) is 5.57. The molecule has 0 amide bonds. The molecule has 1 saturated carbocycles. The van der Waals surface area contributed by atoms with Gasteiger partial charge in [-0.1, -0.05) is 43.1 Å². The average Bonchev–Trinajstić information content (AvgIpc) is 2.42. The molecule has 2 rings (SSSR count). The van der Waals surface area contributed by atoms with E-state index < -0.39 is 0 Å². The third-order valence-corrected chi connectivity index (χ3v) is 5.43. The lowest BCUT2D eigenvalue weighted by Gasteiger charge is -2.37. The molecule has 4 atom stereocenters. The molecule has 1 N–H and O–H groups in total. The molecule has 21 heavy (non-hydrogen) atoms. The monoisotopic (exact) mass is 355 g/mol. The van der Waals surface area contributed by atoms with Gasteiger partial charge in [-0.05, 0) is 67.3 Å². The van der Waals surface area contributed by atoms with Crippen molar-refractivity contribution in [2.24, 2.45) is 17.8 Å². The number of nitrogens with one attached hydrogen (secondary N) is 1. The quantitative estimate of drug-likeness (QED) is 0.713. The van der Waals surface area contributed by atoms with Crippen molar-refractivity contribution in [1.29, 1.82) is 0 Å². The molecule has 0 radical (unpaired) electrons. The molecule has 0 aromatic heterocycles. The summed E-state index contributed by atoms with van der Waals surface area (Å²) in [5.74, 6) is 2.02. The molecule has 118 valence electrons. The largest absolute Gasteiger partial charge is 0.310 e. The summed E-state index contributed by atoms with van der Waals surface area (Å²) in [7, 11) is 0. The average molecular weight is 356 g/mol. The van der Waals surface area contributed by atoms with Gasteiger partial charge in [-0.3, -0.25) is 0 Å². The van der Waals surface area contributed by atoms with Crippen molar-refractivity contribution < 1.29 is 4.39 Å². The summed E-state index contributed by atoms with van der Waals surface area (Å²) in [6.07, 6.45) is 4.86. The first-order valence-corrected chi connectivity index (χ1v) is 9.00. The van der Waals surface area contributed by atoms with Crippen LogP contribution in [0.4, 0.5) is 4.39 Å². The van der Waals surface area contributed by atoms with Gasteiger partial charge in [0.05, 0.1) is 0 Å². The highest BCUT2D eigenvalue weighted by molar-refractivity contribution is 9.10. The van der Waals surface area contributed by atoms with Crippen molar-refractivity contribution in [3.63, 3.8) is 0 Å². The molecule has 3 heteroatoms. The van der Waals surface area contributed by atoms with E-state index in [2.05, 4.69) is 48.1 Å². The third-order valence-electron chi connectivity index (χ3n) is 4.97. The van der Waals surface area contributed by atoms with E-state index in [0.717, 1.165) is 34.8 Å². The van der Waals surface area contributed by atoms with Gasteiger partial charge >= 0.3 is 0 Å². The van der Waals surface area contributed by atoms with Crippen LogP contribution in [0.25, 0.3) is 0 Å². The summed E-state index contributed by atoms with van der Waals surface area (Å²) in [5.41, 5.74) is 1.09. The van der Waals surface area contributed by atoms with Crippen LogP contribution in [0, 0.1) is 23.6 Å². The van der Waals surface area contributed by atoms with E-state index in [0.29, 0.717) is 5.92 Å². The van der Waals surface area contributed by atoms with Crippen molar-refractivity contribution in [3.05, 3.63) is 34.1 Å². The molecule has 0 spiro atoms. The fourth-order valence-corrected chi connectivity index (χ4v) is 3.99. The van der Waals surface area contributed by atoms with Gasteiger partial charge in [-0.25, -0.2) is 4.39 Å². The van der Waals surface area contributed by atoms with Gasteiger partial charge in [0.2, 0.25) is 0 Å². The number of hydrogen-bond acceptors (Lipinski definition) is 1. The predicted octanol–water partition coefficient (Wildman–Crippen LogP) is 5.70. The van der Waals surface area contributed by atoms with Gasteiger partial charge in [-0.2, -0.15) is 0 Å². The molecule has 1 aliphatic carbocycles. The summed E-state index contributed by atoms with van der Waals surface area (Å²) in [6.45, 7) is 7.87. The van der Waals surface area contributed by atoms with Gasteiger partial charge in [-0.15, -0.1) is 0 Å². The topological polar surface area (TPSA) is 12.0 Å². The van der Waals surface area contributed by atoms with Gasteiger partial charge < -0.3 is 5.32 Å². The standard InChI is InChI=1S/C18H27BrFN/c1-4-7-21-18(14-6-5-12(2)13(3)8-14)15-9-16(19)11-17(20)10-15/h9-14,18,21H,4-8H2,1-3H3. The molecule has 0 heterocycles. The highest BCUT2D eigenvalue weighted by Crippen LogP contribution is 2.40. The van der Waals surface area contributed by atoms with Gasteiger partial charge in [0.15, 0.2) is 0 Å². The lowest BCUT2D eigenvalue weighted by molar-refractivity contribution is 0.171. The molecule has 1 aromatic rings. The maximum Gasteiger partial charge on any atom is 0.124 e. The van der Waals surface area contributed by atoms with Crippen LogP contribution in [0.1, 0.15) is 58.1 Å². The smallest absolute Gasteiger partial charge is 0.124 e. The second-order valence-corrected chi connectivity index (χ2v) is 7.58. The van der Waals surface area contributed by atoms with Crippen LogP contribution in [0.3, 0.4) is 0 Å². The minimum atomic E-state index is -0.153. The minimum absolute atomic E-state index is 0.153. The van der Waals surface area contributed by atoms with E-state index >= 15 is 0 Å². The molecule has 1 aromatic carbocycles.